The van der Waals surface area contributed by atoms with E-state index in [0.717, 1.165) is 11.8 Å². The van der Waals surface area contributed by atoms with Crippen LogP contribution >= 0.6 is 0 Å². The summed E-state index contributed by atoms with van der Waals surface area (Å²) < 4.78 is 0. The molecule has 0 bridgehead atoms. The first-order chi connectivity index (χ1) is 10.7. The third kappa shape index (κ3) is 4.01. The maximum Gasteiger partial charge on any atom is 0.166 e. The number of rotatable bonds is 7. The lowest BCUT2D eigenvalue weighted by Gasteiger charge is -2.21. The normalized spacial score (nSPS) is 13.7. The lowest BCUT2D eigenvalue weighted by molar-refractivity contribution is -0.112. The third-order valence-corrected chi connectivity index (χ3v) is 3.80. The fourth-order valence-corrected chi connectivity index (χ4v) is 2.31. The first-order valence-corrected chi connectivity index (χ1v) is 7.41. The summed E-state index contributed by atoms with van der Waals surface area (Å²) in [6.07, 6.45) is 5.68. The van der Waals surface area contributed by atoms with Gasteiger partial charge in [-0.05, 0) is 18.9 Å². The van der Waals surface area contributed by atoms with E-state index < -0.39 is 5.41 Å². The quantitative estimate of drug-likeness (QED) is 0.431. The van der Waals surface area contributed by atoms with Crippen LogP contribution in [0.5, 0.6) is 0 Å². The molecule has 0 aliphatic heterocycles. The van der Waals surface area contributed by atoms with Crippen molar-refractivity contribution in [2.45, 2.75) is 25.2 Å². The zero-order valence-corrected chi connectivity index (χ0v) is 12.7. The van der Waals surface area contributed by atoms with Crippen molar-refractivity contribution in [1.29, 1.82) is 0 Å². The average Bonchev–Trinajstić information content (AvgIpc) is 2.60. The maximum absolute atomic E-state index is 12.0. The van der Waals surface area contributed by atoms with Gasteiger partial charge in [-0.1, -0.05) is 72.8 Å². The topological polar surface area (TPSA) is 34.1 Å². The molecular formula is C20H20O2. The van der Waals surface area contributed by atoms with Crippen LogP contribution in [0.15, 0.2) is 72.8 Å². The van der Waals surface area contributed by atoms with Crippen LogP contribution in [-0.4, -0.2) is 12.1 Å². The number of hydrogen-bond acceptors (Lipinski definition) is 2. The lowest BCUT2D eigenvalue weighted by atomic mass is 9.81. The van der Waals surface area contributed by atoms with Crippen LogP contribution in [0.25, 0.3) is 0 Å². The molecule has 0 heterocycles. The Kier molecular flexibility index (Phi) is 5.42. The summed E-state index contributed by atoms with van der Waals surface area (Å²) in [5.41, 5.74) is 1.16. The predicted molar refractivity (Wildman–Crippen MR) is 89.0 cm³/mol. The summed E-state index contributed by atoms with van der Waals surface area (Å²) in [4.78, 5) is 23.5. The second-order valence-electron chi connectivity index (χ2n) is 5.57. The minimum atomic E-state index is -0.548. The van der Waals surface area contributed by atoms with E-state index in [1.807, 2.05) is 79.7 Å². The molecule has 0 fully saturated rings. The number of carbonyl (C=O) groups excluding carboxylic acids is 2. The van der Waals surface area contributed by atoms with Crippen LogP contribution in [0.1, 0.15) is 35.7 Å². The van der Waals surface area contributed by atoms with Gasteiger partial charge < -0.3 is 4.79 Å². The third-order valence-electron chi connectivity index (χ3n) is 3.80. The van der Waals surface area contributed by atoms with Gasteiger partial charge in [0.1, 0.15) is 6.29 Å². The molecule has 2 nitrogen and oxygen atoms in total. The molecule has 2 aromatic carbocycles. The van der Waals surface area contributed by atoms with Gasteiger partial charge in [0.05, 0.1) is 5.41 Å². The first kappa shape index (κ1) is 15.9. The minimum absolute atomic E-state index is 0.0874. The summed E-state index contributed by atoms with van der Waals surface area (Å²) in [7, 11) is 0. The number of ketones is 1. The molecule has 0 saturated heterocycles. The number of carbonyl (C=O) groups is 2. The van der Waals surface area contributed by atoms with Gasteiger partial charge in [0, 0.05) is 12.0 Å². The van der Waals surface area contributed by atoms with E-state index in [0.29, 0.717) is 18.4 Å². The number of aldehydes is 1. The Morgan fingerprint density at radius 3 is 2.14 bits per heavy atom. The Morgan fingerprint density at radius 1 is 0.955 bits per heavy atom. The molecular weight excluding hydrogens is 272 g/mol. The average molecular weight is 292 g/mol. The molecule has 0 saturated carbocycles. The Labute approximate surface area is 131 Å². The van der Waals surface area contributed by atoms with Gasteiger partial charge in [-0.25, -0.2) is 0 Å². The zero-order valence-electron chi connectivity index (χ0n) is 12.7. The van der Waals surface area contributed by atoms with Crippen LogP contribution in [-0.2, 0) is 10.2 Å². The van der Waals surface area contributed by atoms with Crippen LogP contribution in [0, 0.1) is 0 Å². The Balaban J connectivity index is 1.96. The highest BCUT2D eigenvalue weighted by Gasteiger charge is 2.24. The van der Waals surface area contributed by atoms with Crippen molar-refractivity contribution in [3.8, 4) is 0 Å². The summed E-state index contributed by atoms with van der Waals surface area (Å²) in [6.45, 7) is 1.92. The number of allylic oxidation sites excluding steroid dienone is 2. The van der Waals surface area contributed by atoms with E-state index in [9.17, 15) is 9.59 Å². The number of Topliss-reactive ketones (excluding diaryl/α,β-unsaturated/α-hetero) is 1. The summed E-state index contributed by atoms with van der Waals surface area (Å²) in [5, 5.41) is 0. The smallest absolute Gasteiger partial charge is 0.166 e. The highest BCUT2D eigenvalue weighted by Crippen LogP contribution is 2.25. The zero-order chi connectivity index (χ0) is 15.8. The van der Waals surface area contributed by atoms with Crippen molar-refractivity contribution in [3.63, 3.8) is 0 Å². The lowest BCUT2D eigenvalue weighted by Crippen LogP contribution is -2.22. The van der Waals surface area contributed by atoms with E-state index in [-0.39, 0.29) is 5.78 Å². The van der Waals surface area contributed by atoms with Gasteiger partial charge in [0.2, 0.25) is 0 Å². The molecule has 0 spiro atoms. The molecule has 0 aliphatic carbocycles. The minimum Gasteiger partial charge on any atom is -0.302 e. The standard InChI is InChI=1S/C20H20O2/c1-20(16-21,18-12-6-3-7-13-18)15-9-8-14-19(22)17-10-4-2-5-11-17/h2-13,16H,14-15H2,1H3. The first-order valence-electron chi connectivity index (χ1n) is 7.41. The van der Waals surface area contributed by atoms with E-state index in [2.05, 4.69) is 0 Å². The van der Waals surface area contributed by atoms with E-state index >= 15 is 0 Å². The predicted octanol–water partition coefficient (Wildman–Crippen LogP) is 4.36. The van der Waals surface area contributed by atoms with Crippen LogP contribution < -0.4 is 0 Å². The molecule has 2 rings (SSSR count). The van der Waals surface area contributed by atoms with Gasteiger partial charge >= 0.3 is 0 Å². The second-order valence-corrected chi connectivity index (χ2v) is 5.57. The van der Waals surface area contributed by atoms with Gasteiger partial charge in [0.25, 0.3) is 0 Å². The highest BCUT2D eigenvalue weighted by atomic mass is 16.1. The van der Waals surface area contributed by atoms with Crippen molar-refractivity contribution >= 4 is 12.1 Å². The van der Waals surface area contributed by atoms with Gasteiger partial charge in [0.15, 0.2) is 5.78 Å². The van der Waals surface area contributed by atoms with Gasteiger partial charge in [-0.15, -0.1) is 0 Å². The molecule has 1 unspecified atom stereocenters. The van der Waals surface area contributed by atoms with Crippen LogP contribution in [0.3, 0.4) is 0 Å². The van der Waals surface area contributed by atoms with Crippen LogP contribution in [0.4, 0.5) is 0 Å². The number of benzene rings is 2. The Hall–Kier alpha value is -2.48. The molecule has 2 heteroatoms. The fraction of sp³-hybridized carbons (Fsp3) is 0.200. The second kappa shape index (κ2) is 7.51. The van der Waals surface area contributed by atoms with E-state index in [1.54, 1.807) is 0 Å². The van der Waals surface area contributed by atoms with Gasteiger partial charge in [-0.2, -0.15) is 0 Å². The molecule has 0 radical (unpaired) electrons. The Bertz CT molecular complexity index is 644. The number of hydrogen-bond donors (Lipinski definition) is 0. The highest BCUT2D eigenvalue weighted by molar-refractivity contribution is 5.96. The van der Waals surface area contributed by atoms with E-state index in [4.69, 9.17) is 0 Å². The maximum atomic E-state index is 12.0. The Morgan fingerprint density at radius 2 is 1.55 bits per heavy atom. The van der Waals surface area contributed by atoms with E-state index in [1.165, 1.54) is 0 Å². The molecule has 2 aromatic rings. The summed E-state index contributed by atoms with van der Waals surface area (Å²) in [6, 6.07) is 18.9. The van der Waals surface area contributed by atoms with Crippen molar-refractivity contribution in [2.24, 2.45) is 0 Å². The molecule has 0 amide bonds. The van der Waals surface area contributed by atoms with Gasteiger partial charge in [-0.3, -0.25) is 4.79 Å². The molecule has 112 valence electrons. The van der Waals surface area contributed by atoms with Crippen molar-refractivity contribution in [2.75, 3.05) is 0 Å². The largest absolute Gasteiger partial charge is 0.302 e. The molecule has 0 aliphatic rings. The van der Waals surface area contributed by atoms with Crippen molar-refractivity contribution in [1.82, 2.24) is 0 Å². The molecule has 0 N–H and O–H groups in total. The molecule has 0 aromatic heterocycles. The molecule has 22 heavy (non-hydrogen) atoms. The van der Waals surface area contributed by atoms with Crippen molar-refractivity contribution < 1.29 is 9.59 Å². The summed E-state index contributed by atoms with van der Waals surface area (Å²) >= 11 is 0. The van der Waals surface area contributed by atoms with Crippen LogP contribution in [0.2, 0.25) is 0 Å². The summed E-state index contributed by atoms with van der Waals surface area (Å²) in [5.74, 6) is 0.0874. The fourth-order valence-electron chi connectivity index (χ4n) is 2.31. The SMILES string of the molecule is CC(C=O)(CC=CCC(=O)c1ccccc1)c1ccccc1. The monoisotopic (exact) mass is 292 g/mol. The van der Waals surface area contributed by atoms with Crippen molar-refractivity contribution in [3.05, 3.63) is 83.9 Å². The molecule has 1 atom stereocenters.